The fourth-order valence-corrected chi connectivity index (χ4v) is 5.66. The van der Waals surface area contributed by atoms with E-state index in [1.54, 1.807) is 0 Å². The monoisotopic (exact) mass is 844 g/mol. The zero-order valence-electron chi connectivity index (χ0n) is 35.4. The van der Waals surface area contributed by atoms with Gasteiger partial charge in [0.15, 0.2) is 6.29 Å². The molecule has 7 N–H and O–H groups in total. The van der Waals surface area contributed by atoms with Gasteiger partial charge in [0.2, 0.25) is 17.7 Å². The molecule has 2 aromatic rings. The molecule has 3 atom stereocenters. The number of nitrogens with zero attached hydrogens (tertiary/aromatic N) is 2. The topological polar surface area (TPSA) is 234 Å². The fourth-order valence-electron chi connectivity index (χ4n) is 5.66. The van der Waals surface area contributed by atoms with Crippen LogP contribution in [0.2, 0.25) is 0 Å². The summed E-state index contributed by atoms with van der Waals surface area (Å²) < 4.78 is 33.3. The molecule has 0 aliphatic carbocycles. The summed E-state index contributed by atoms with van der Waals surface area (Å²) in [6, 6.07) is 17.4. The van der Waals surface area contributed by atoms with E-state index in [4.69, 9.17) is 34.3 Å². The number of carbonyl (C=O) groups is 3. The highest BCUT2D eigenvalue weighted by Gasteiger charge is 2.20. The SMILES string of the molecule is CCCCNC(=O)CCOCCOCCN=CC(COCCOCCO[C@@H](CC[C@H](C[C@H](O)CCNC(=O)Cc1ccc(-c2ccccc2)cc1)NC(=O)CO)OC)=NN. The fraction of sp³-hybridized carbons (Fsp3) is 0.605. The molecule has 0 saturated carbocycles. The zero-order valence-corrected chi connectivity index (χ0v) is 35.4. The van der Waals surface area contributed by atoms with Gasteiger partial charge in [-0.15, -0.1) is 0 Å². The Morgan fingerprint density at radius 2 is 1.45 bits per heavy atom. The predicted octanol–water partition coefficient (Wildman–Crippen LogP) is 2.16. The van der Waals surface area contributed by atoms with E-state index < -0.39 is 30.9 Å². The number of aliphatic imine (C=N–C) groups is 1. The van der Waals surface area contributed by atoms with Crippen LogP contribution in [0.4, 0.5) is 0 Å². The molecule has 0 aliphatic rings. The minimum Gasteiger partial charge on any atom is -0.393 e. The number of hydrogen-bond acceptors (Lipinski definition) is 14. The van der Waals surface area contributed by atoms with Crippen molar-refractivity contribution in [2.24, 2.45) is 15.9 Å². The Bertz CT molecular complexity index is 1480. The van der Waals surface area contributed by atoms with Crippen molar-refractivity contribution in [2.75, 3.05) is 92.8 Å². The maximum absolute atomic E-state index is 12.5. The lowest BCUT2D eigenvalue weighted by atomic mass is 10.0. The summed E-state index contributed by atoms with van der Waals surface area (Å²) in [5, 5.41) is 32.1. The third-order valence-electron chi connectivity index (χ3n) is 8.93. The van der Waals surface area contributed by atoms with Crippen molar-refractivity contribution in [1.82, 2.24) is 16.0 Å². The molecular weight excluding hydrogens is 777 g/mol. The molecule has 0 fully saturated rings. The number of nitrogens with two attached hydrogens (primary N) is 1. The maximum atomic E-state index is 12.5. The Labute approximate surface area is 354 Å². The van der Waals surface area contributed by atoms with E-state index in [0.29, 0.717) is 84.1 Å². The number of ether oxygens (including phenoxy) is 6. The van der Waals surface area contributed by atoms with Crippen molar-refractivity contribution in [1.29, 1.82) is 0 Å². The molecule has 0 heterocycles. The molecular formula is C43H68N6O11. The Morgan fingerprint density at radius 3 is 2.15 bits per heavy atom. The number of hydrazone groups is 1. The Morgan fingerprint density at radius 1 is 0.783 bits per heavy atom. The van der Waals surface area contributed by atoms with E-state index in [9.17, 15) is 24.6 Å². The number of methoxy groups -OCH3 is 1. The first kappa shape index (κ1) is 51.8. The molecule has 2 rings (SSSR count). The standard InChI is InChI=1S/C43H68N6O11/c1-3-4-18-46-40(52)17-21-56-23-24-57-22-20-45-31-38(49-44)33-59-26-25-58-27-28-60-43(55-2)15-14-37(48-42(54)32-50)30-39(51)16-19-47-41(53)29-34-10-12-36(13-11-34)35-8-6-5-7-9-35/h5-13,31,37,39,43,50-51H,3-4,14-30,32-33,44H2,1-2H3,(H,46,52)(H,47,53)(H,48,54)/t37-,39-,43+/m1/s1. The van der Waals surface area contributed by atoms with Crippen molar-refractivity contribution in [2.45, 2.75) is 76.7 Å². The van der Waals surface area contributed by atoms with Gasteiger partial charge in [0, 0.05) is 45.3 Å². The molecule has 17 heteroatoms. The second-order valence-electron chi connectivity index (χ2n) is 13.8. The van der Waals surface area contributed by atoms with Gasteiger partial charge in [0.05, 0.1) is 78.5 Å². The van der Waals surface area contributed by atoms with Gasteiger partial charge in [-0.25, -0.2) is 0 Å². The summed E-state index contributed by atoms with van der Waals surface area (Å²) in [6.07, 6.45) is 4.05. The van der Waals surface area contributed by atoms with Crippen LogP contribution in [0, 0.1) is 0 Å². The summed E-state index contributed by atoms with van der Waals surface area (Å²) in [6.45, 7) is 5.64. The average Bonchev–Trinajstić information content (AvgIpc) is 3.25. The summed E-state index contributed by atoms with van der Waals surface area (Å²) in [5.74, 6) is 4.74. The summed E-state index contributed by atoms with van der Waals surface area (Å²) in [5.41, 5.74) is 3.53. The number of benzene rings is 2. The Hall–Kier alpha value is -4.33. The molecule has 17 nitrogen and oxygen atoms in total. The number of rotatable bonds is 36. The largest absolute Gasteiger partial charge is 0.393 e. The van der Waals surface area contributed by atoms with E-state index in [-0.39, 0.29) is 51.0 Å². The van der Waals surface area contributed by atoms with E-state index in [1.165, 1.54) is 13.3 Å². The average molecular weight is 845 g/mol. The van der Waals surface area contributed by atoms with E-state index >= 15 is 0 Å². The van der Waals surface area contributed by atoms with Gasteiger partial charge in [-0.05, 0) is 42.4 Å². The lowest BCUT2D eigenvalue weighted by Crippen LogP contribution is -2.40. The Balaban J connectivity index is 1.54. The molecule has 0 saturated heterocycles. The molecule has 0 aliphatic heterocycles. The quantitative estimate of drug-likeness (QED) is 0.0191. The zero-order chi connectivity index (χ0) is 43.5. The minimum atomic E-state index is -0.805. The van der Waals surface area contributed by atoms with Gasteiger partial charge in [0.25, 0.3) is 0 Å². The second-order valence-corrected chi connectivity index (χ2v) is 13.8. The van der Waals surface area contributed by atoms with Crippen LogP contribution in [-0.4, -0.2) is 151 Å². The summed E-state index contributed by atoms with van der Waals surface area (Å²) in [7, 11) is 1.51. The third kappa shape index (κ3) is 26.0. The highest BCUT2D eigenvalue weighted by Crippen LogP contribution is 2.19. The van der Waals surface area contributed by atoms with Gasteiger partial charge in [-0.2, -0.15) is 5.10 Å². The molecule has 3 amide bonds. The number of nitrogens with one attached hydrogen (secondary N) is 3. The van der Waals surface area contributed by atoms with Gasteiger partial charge in [-0.1, -0.05) is 67.9 Å². The lowest BCUT2D eigenvalue weighted by Gasteiger charge is -2.24. The first-order valence-corrected chi connectivity index (χ1v) is 20.8. The van der Waals surface area contributed by atoms with Crippen LogP contribution in [0.15, 0.2) is 64.7 Å². The first-order chi connectivity index (χ1) is 29.3. The van der Waals surface area contributed by atoms with Crippen molar-refractivity contribution in [3.8, 4) is 11.1 Å². The van der Waals surface area contributed by atoms with Crippen LogP contribution in [0.5, 0.6) is 0 Å². The number of amides is 3. The number of carbonyl (C=O) groups excluding carboxylic acids is 3. The van der Waals surface area contributed by atoms with E-state index in [1.807, 2.05) is 54.6 Å². The minimum absolute atomic E-state index is 0.00716. The van der Waals surface area contributed by atoms with E-state index in [0.717, 1.165) is 29.5 Å². The number of aliphatic hydroxyl groups is 2. The highest BCUT2D eigenvalue weighted by molar-refractivity contribution is 6.31. The van der Waals surface area contributed by atoms with Gasteiger partial charge in [0.1, 0.15) is 12.3 Å². The second kappa shape index (κ2) is 34.4. The number of unbranched alkanes of at least 4 members (excludes halogenated alkanes) is 1. The molecule has 2 aromatic carbocycles. The molecule has 0 unspecified atom stereocenters. The van der Waals surface area contributed by atoms with Crippen LogP contribution in [0.25, 0.3) is 11.1 Å². The van der Waals surface area contributed by atoms with E-state index in [2.05, 4.69) is 33.0 Å². The third-order valence-corrected chi connectivity index (χ3v) is 8.93. The lowest BCUT2D eigenvalue weighted by molar-refractivity contribution is -0.140. The van der Waals surface area contributed by atoms with Crippen molar-refractivity contribution >= 4 is 29.6 Å². The Kier molecular flexibility index (Phi) is 29.7. The van der Waals surface area contributed by atoms with Crippen LogP contribution >= 0.6 is 0 Å². The number of hydrogen-bond donors (Lipinski definition) is 6. The smallest absolute Gasteiger partial charge is 0.245 e. The summed E-state index contributed by atoms with van der Waals surface area (Å²) in [4.78, 5) is 40.4. The predicted molar refractivity (Wildman–Crippen MR) is 230 cm³/mol. The van der Waals surface area contributed by atoms with Gasteiger partial charge >= 0.3 is 0 Å². The van der Waals surface area contributed by atoms with Crippen molar-refractivity contribution in [3.05, 3.63) is 60.2 Å². The van der Waals surface area contributed by atoms with Gasteiger partial charge < -0.3 is 60.4 Å². The van der Waals surface area contributed by atoms with Crippen LogP contribution in [-0.2, 0) is 49.2 Å². The summed E-state index contributed by atoms with van der Waals surface area (Å²) >= 11 is 0. The van der Waals surface area contributed by atoms with Gasteiger partial charge in [-0.3, -0.25) is 19.4 Å². The molecule has 0 aromatic heterocycles. The van der Waals surface area contributed by atoms with Crippen LogP contribution in [0.3, 0.4) is 0 Å². The normalized spacial score (nSPS) is 13.2. The molecule has 0 bridgehead atoms. The molecule has 0 spiro atoms. The number of aliphatic hydroxyl groups excluding tert-OH is 2. The van der Waals surface area contributed by atoms with Crippen LogP contribution in [0.1, 0.15) is 57.4 Å². The van der Waals surface area contributed by atoms with Crippen molar-refractivity contribution in [3.63, 3.8) is 0 Å². The first-order valence-electron chi connectivity index (χ1n) is 20.8. The molecule has 336 valence electrons. The molecule has 60 heavy (non-hydrogen) atoms. The molecule has 0 radical (unpaired) electrons. The van der Waals surface area contributed by atoms with Crippen molar-refractivity contribution < 1.29 is 53.0 Å². The highest BCUT2D eigenvalue weighted by atomic mass is 16.7. The van der Waals surface area contributed by atoms with Crippen LogP contribution < -0.4 is 21.8 Å². The maximum Gasteiger partial charge on any atom is 0.245 e.